The van der Waals surface area contributed by atoms with Gasteiger partial charge in [-0.3, -0.25) is 4.79 Å². The smallest absolute Gasteiger partial charge is 0.339 e. The first-order chi connectivity index (χ1) is 14.4. The van der Waals surface area contributed by atoms with Crippen molar-refractivity contribution in [3.05, 3.63) is 86.9 Å². The number of halogens is 2. The standard InChI is InChI=1S/C22H15Cl2NO4S/c23-14-5-1-12(2-6-14)17-9-10-18(29-17)21(26)25-16-11-30-20(19(16)22(27)28)13-3-7-15(24)8-4-13/h1-8,10-11,17H,9H2,(H,25,26)(H,27,28). The van der Waals surface area contributed by atoms with Crippen LogP contribution < -0.4 is 5.32 Å². The minimum absolute atomic E-state index is 0.0310. The molecule has 2 N–H and O–H groups in total. The van der Waals surface area contributed by atoms with Crippen LogP contribution in [0.15, 0.2) is 65.7 Å². The van der Waals surface area contributed by atoms with Gasteiger partial charge < -0.3 is 15.2 Å². The molecule has 0 saturated heterocycles. The van der Waals surface area contributed by atoms with E-state index in [0.29, 0.717) is 26.9 Å². The number of benzene rings is 2. The summed E-state index contributed by atoms with van der Waals surface area (Å²) in [5.74, 6) is -1.46. The van der Waals surface area contributed by atoms with Crippen LogP contribution in [0.5, 0.6) is 0 Å². The Bertz CT molecular complexity index is 1140. The number of rotatable bonds is 5. The Morgan fingerprint density at radius 1 is 1.03 bits per heavy atom. The zero-order chi connectivity index (χ0) is 21.3. The number of carboxylic acid groups (broad SMARTS) is 1. The highest BCUT2D eigenvalue weighted by Gasteiger charge is 2.27. The van der Waals surface area contributed by atoms with Gasteiger partial charge in [-0.1, -0.05) is 47.5 Å². The van der Waals surface area contributed by atoms with E-state index < -0.39 is 11.9 Å². The lowest BCUT2D eigenvalue weighted by Crippen LogP contribution is -2.16. The summed E-state index contributed by atoms with van der Waals surface area (Å²) < 4.78 is 5.77. The van der Waals surface area contributed by atoms with Crippen molar-refractivity contribution in [3.8, 4) is 10.4 Å². The highest BCUT2D eigenvalue weighted by Crippen LogP contribution is 2.37. The lowest BCUT2D eigenvalue weighted by atomic mass is 10.1. The summed E-state index contributed by atoms with van der Waals surface area (Å²) in [6.07, 6.45) is 1.95. The van der Waals surface area contributed by atoms with Crippen molar-refractivity contribution in [2.45, 2.75) is 12.5 Å². The summed E-state index contributed by atoms with van der Waals surface area (Å²) in [6, 6.07) is 14.1. The molecule has 1 aliphatic heterocycles. The maximum absolute atomic E-state index is 12.7. The minimum atomic E-state index is -1.13. The molecule has 1 atom stereocenters. The van der Waals surface area contributed by atoms with Crippen molar-refractivity contribution in [2.75, 3.05) is 5.32 Å². The molecule has 1 aromatic heterocycles. The van der Waals surface area contributed by atoms with E-state index in [1.807, 2.05) is 12.1 Å². The molecule has 0 fully saturated rings. The molecule has 5 nitrogen and oxygen atoms in total. The summed E-state index contributed by atoms with van der Waals surface area (Å²) >= 11 is 13.1. The first-order valence-electron chi connectivity index (χ1n) is 8.96. The van der Waals surface area contributed by atoms with Gasteiger partial charge in [0.25, 0.3) is 5.91 Å². The zero-order valence-electron chi connectivity index (χ0n) is 15.4. The van der Waals surface area contributed by atoms with Crippen LogP contribution in [0, 0.1) is 0 Å². The van der Waals surface area contributed by atoms with Crippen molar-refractivity contribution in [2.24, 2.45) is 0 Å². The number of hydrogen-bond donors (Lipinski definition) is 2. The molecule has 0 spiro atoms. The van der Waals surface area contributed by atoms with Gasteiger partial charge in [0, 0.05) is 21.8 Å². The van der Waals surface area contributed by atoms with Crippen LogP contribution in [-0.4, -0.2) is 17.0 Å². The fourth-order valence-corrected chi connectivity index (χ4v) is 4.40. The lowest BCUT2D eigenvalue weighted by molar-refractivity contribution is -0.116. The number of thiophene rings is 1. The summed E-state index contributed by atoms with van der Waals surface area (Å²) in [7, 11) is 0. The normalized spacial score (nSPS) is 15.4. The van der Waals surface area contributed by atoms with E-state index in [4.69, 9.17) is 27.9 Å². The van der Waals surface area contributed by atoms with E-state index in [9.17, 15) is 14.7 Å². The number of carboxylic acids is 1. The van der Waals surface area contributed by atoms with E-state index in [1.165, 1.54) is 11.3 Å². The first-order valence-corrected chi connectivity index (χ1v) is 10.6. The number of aromatic carboxylic acids is 1. The van der Waals surface area contributed by atoms with E-state index in [1.54, 1.807) is 47.9 Å². The molecular formula is C22H15Cl2NO4S. The van der Waals surface area contributed by atoms with E-state index in [0.717, 1.165) is 5.56 Å². The Balaban J connectivity index is 1.52. The van der Waals surface area contributed by atoms with Gasteiger partial charge in [-0.2, -0.15) is 0 Å². The van der Waals surface area contributed by atoms with Crippen molar-refractivity contribution < 1.29 is 19.4 Å². The van der Waals surface area contributed by atoms with Gasteiger partial charge >= 0.3 is 5.97 Å². The predicted molar refractivity (Wildman–Crippen MR) is 118 cm³/mol. The van der Waals surface area contributed by atoms with Crippen molar-refractivity contribution in [1.82, 2.24) is 0 Å². The molecule has 3 aromatic rings. The fraction of sp³-hybridized carbons (Fsp3) is 0.0909. The molecule has 2 heterocycles. The second-order valence-electron chi connectivity index (χ2n) is 6.58. The van der Waals surface area contributed by atoms with Gasteiger partial charge in [-0.05, 0) is 41.5 Å². The monoisotopic (exact) mass is 459 g/mol. The number of carbonyl (C=O) groups is 2. The molecular weight excluding hydrogens is 445 g/mol. The molecule has 0 saturated carbocycles. The third-order valence-electron chi connectivity index (χ3n) is 4.61. The Hall–Kier alpha value is -2.80. The number of carbonyl (C=O) groups excluding carboxylic acids is 1. The Morgan fingerprint density at radius 3 is 2.30 bits per heavy atom. The topological polar surface area (TPSA) is 75.6 Å². The predicted octanol–water partition coefficient (Wildman–Crippen LogP) is 6.40. The lowest BCUT2D eigenvalue weighted by Gasteiger charge is -2.13. The Morgan fingerprint density at radius 2 is 1.67 bits per heavy atom. The van der Waals surface area contributed by atoms with Crippen molar-refractivity contribution >= 4 is 52.1 Å². The van der Waals surface area contributed by atoms with Crippen LogP contribution in [-0.2, 0) is 9.53 Å². The molecule has 8 heteroatoms. The highest BCUT2D eigenvalue weighted by molar-refractivity contribution is 7.14. The largest absolute Gasteiger partial charge is 0.480 e. The molecule has 1 unspecified atom stereocenters. The van der Waals surface area contributed by atoms with Gasteiger partial charge in [0.15, 0.2) is 5.76 Å². The van der Waals surface area contributed by atoms with Crippen LogP contribution in [0.25, 0.3) is 10.4 Å². The molecule has 1 aliphatic rings. The molecule has 0 radical (unpaired) electrons. The van der Waals surface area contributed by atoms with Crippen LogP contribution in [0.3, 0.4) is 0 Å². The second kappa shape index (κ2) is 8.52. The summed E-state index contributed by atoms with van der Waals surface area (Å²) in [5.41, 5.74) is 1.87. The highest BCUT2D eigenvalue weighted by atomic mass is 35.5. The molecule has 4 rings (SSSR count). The van der Waals surface area contributed by atoms with Gasteiger partial charge in [0.2, 0.25) is 0 Å². The average Bonchev–Trinajstić information content (AvgIpc) is 3.37. The molecule has 0 aliphatic carbocycles. The van der Waals surface area contributed by atoms with E-state index in [-0.39, 0.29) is 23.1 Å². The van der Waals surface area contributed by atoms with Gasteiger partial charge in [0.05, 0.1) is 10.6 Å². The van der Waals surface area contributed by atoms with Crippen molar-refractivity contribution in [3.63, 3.8) is 0 Å². The third-order valence-corrected chi connectivity index (χ3v) is 6.14. The molecule has 30 heavy (non-hydrogen) atoms. The quantitative estimate of drug-likeness (QED) is 0.462. The van der Waals surface area contributed by atoms with Gasteiger partial charge in [0.1, 0.15) is 11.7 Å². The summed E-state index contributed by atoms with van der Waals surface area (Å²) in [5, 5.41) is 15.2. The van der Waals surface area contributed by atoms with Crippen LogP contribution in [0.1, 0.15) is 28.4 Å². The average molecular weight is 460 g/mol. The number of hydrogen-bond acceptors (Lipinski definition) is 4. The zero-order valence-corrected chi connectivity index (χ0v) is 17.7. The first kappa shape index (κ1) is 20.5. The molecule has 152 valence electrons. The maximum atomic E-state index is 12.7. The fourth-order valence-electron chi connectivity index (χ4n) is 3.15. The van der Waals surface area contributed by atoms with E-state index >= 15 is 0 Å². The number of amides is 1. The number of nitrogens with one attached hydrogen (secondary N) is 1. The van der Waals surface area contributed by atoms with Crippen LogP contribution in [0.4, 0.5) is 5.69 Å². The van der Waals surface area contributed by atoms with Gasteiger partial charge in [-0.25, -0.2) is 4.79 Å². The minimum Gasteiger partial charge on any atom is -0.480 e. The van der Waals surface area contributed by atoms with Gasteiger partial charge in [-0.15, -0.1) is 11.3 Å². The summed E-state index contributed by atoms with van der Waals surface area (Å²) in [6.45, 7) is 0. The summed E-state index contributed by atoms with van der Waals surface area (Å²) in [4.78, 5) is 25.1. The SMILES string of the molecule is O=C(Nc1csc(-c2ccc(Cl)cc2)c1C(=O)O)C1=CCC(c2ccc(Cl)cc2)O1. The molecule has 0 bridgehead atoms. The number of ether oxygens (including phenoxy) is 1. The molecule has 2 aromatic carbocycles. The molecule has 1 amide bonds. The van der Waals surface area contributed by atoms with E-state index in [2.05, 4.69) is 5.32 Å². The maximum Gasteiger partial charge on any atom is 0.339 e. The van der Waals surface area contributed by atoms with Crippen molar-refractivity contribution in [1.29, 1.82) is 0 Å². The van der Waals surface area contributed by atoms with Crippen LogP contribution >= 0.6 is 34.5 Å². The second-order valence-corrected chi connectivity index (χ2v) is 8.33. The Kier molecular flexibility index (Phi) is 5.81. The number of anilines is 1. The third kappa shape index (κ3) is 4.21. The van der Waals surface area contributed by atoms with Crippen LogP contribution in [0.2, 0.25) is 10.0 Å². The Labute approximate surface area is 186 Å².